The molecule has 2 aliphatic rings. The van der Waals surface area contributed by atoms with Crippen molar-refractivity contribution in [2.45, 2.75) is 19.1 Å². The summed E-state index contributed by atoms with van der Waals surface area (Å²) in [5.41, 5.74) is 4.07. The van der Waals surface area contributed by atoms with Crippen LogP contribution in [0.5, 0.6) is 0 Å². The molecule has 0 fully saturated rings. The zero-order valence-electron chi connectivity index (χ0n) is 22.4. The zero-order valence-corrected chi connectivity index (χ0v) is 24.0. The highest BCUT2D eigenvalue weighted by molar-refractivity contribution is 6.51. The second-order valence-electron chi connectivity index (χ2n) is 10.1. The summed E-state index contributed by atoms with van der Waals surface area (Å²) in [6.07, 6.45) is -4.50. The number of aryl methyl sites for hydroxylation is 1. The van der Waals surface area contributed by atoms with Crippen LogP contribution in [0.1, 0.15) is 28.4 Å². The van der Waals surface area contributed by atoms with Gasteiger partial charge < -0.3 is 10.2 Å². The average molecular weight is 617 g/mol. The molecule has 0 bridgehead atoms. The van der Waals surface area contributed by atoms with Crippen molar-refractivity contribution >= 4 is 57.8 Å². The van der Waals surface area contributed by atoms with Gasteiger partial charge in [0.05, 0.1) is 44.4 Å². The first-order chi connectivity index (χ1) is 20.7. The molecule has 7 rings (SSSR count). The number of hydrogen-bond acceptors (Lipinski definition) is 5. The molecular weight excluding hydrogens is 596 g/mol. The van der Waals surface area contributed by atoms with E-state index in [9.17, 15) is 13.2 Å². The molecule has 0 aliphatic carbocycles. The molecule has 214 valence electrons. The Kier molecular flexibility index (Phi) is 6.52. The Morgan fingerprint density at radius 3 is 2.35 bits per heavy atom. The van der Waals surface area contributed by atoms with Crippen LogP contribution in [0.4, 0.5) is 36.1 Å². The summed E-state index contributed by atoms with van der Waals surface area (Å²) >= 11 is 12.9. The number of benzene rings is 4. The minimum atomic E-state index is -4.50. The molecule has 11 heteroatoms. The zero-order chi connectivity index (χ0) is 29.9. The van der Waals surface area contributed by atoms with E-state index >= 15 is 0 Å². The molecule has 1 atom stereocenters. The molecule has 1 N–H and O–H groups in total. The lowest BCUT2D eigenvalue weighted by Gasteiger charge is -2.40. The monoisotopic (exact) mass is 616 g/mol. The molecule has 0 saturated heterocycles. The minimum Gasteiger partial charge on any atom is -0.337 e. The maximum Gasteiger partial charge on any atom is 0.416 e. The molecule has 3 heterocycles. The van der Waals surface area contributed by atoms with E-state index in [1.54, 1.807) is 16.8 Å². The Labute approximate surface area is 254 Å². The van der Waals surface area contributed by atoms with E-state index < -0.39 is 17.8 Å². The Bertz CT molecular complexity index is 1950. The van der Waals surface area contributed by atoms with Crippen LogP contribution in [0.2, 0.25) is 10.0 Å². The number of rotatable bonds is 3. The van der Waals surface area contributed by atoms with Gasteiger partial charge in [0, 0.05) is 11.3 Å². The fraction of sp³-hybridized carbons (Fsp3) is 0.0938. The predicted molar refractivity (Wildman–Crippen MR) is 165 cm³/mol. The molecule has 0 radical (unpaired) electrons. The number of anilines is 2. The second kappa shape index (κ2) is 10.3. The third-order valence-corrected chi connectivity index (χ3v) is 8.09. The first-order valence-corrected chi connectivity index (χ1v) is 14.0. The summed E-state index contributed by atoms with van der Waals surface area (Å²) in [6, 6.07) is 27.1. The quantitative estimate of drug-likeness (QED) is 0.220. The van der Waals surface area contributed by atoms with E-state index in [0.717, 1.165) is 40.3 Å². The van der Waals surface area contributed by atoms with Crippen molar-refractivity contribution in [3.8, 4) is 5.69 Å². The van der Waals surface area contributed by atoms with E-state index in [1.165, 1.54) is 6.07 Å². The summed E-state index contributed by atoms with van der Waals surface area (Å²) < 4.78 is 42.5. The SMILES string of the molecule is Cc1nn(-c2ccccc2)c2c1[C@@H](c1ccc(Cl)c(Cl)c1)N1C(=N2)C(Nc2cccc(C(F)(F)F)c2)=Nc2ccccc21. The molecule has 6 nitrogen and oxygen atoms in total. The van der Waals surface area contributed by atoms with Crippen molar-refractivity contribution in [2.24, 2.45) is 9.98 Å². The molecule has 4 aromatic carbocycles. The summed E-state index contributed by atoms with van der Waals surface area (Å²) in [5.74, 6) is 1.27. The Morgan fingerprint density at radius 1 is 0.814 bits per heavy atom. The van der Waals surface area contributed by atoms with Crippen molar-refractivity contribution in [3.05, 3.63) is 129 Å². The summed E-state index contributed by atoms with van der Waals surface area (Å²) in [6.45, 7) is 1.93. The number of nitrogens with zero attached hydrogens (tertiary/aromatic N) is 5. The van der Waals surface area contributed by atoms with Crippen LogP contribution in [0.15, 0.2) is 107 Å². The van der Waals surface area contributed by atoms with Gasteiger partial charge >= 0.3 is 6.18 Å². The van der Waals surface area contributed by atoms with Crippen molar-refractivity contribution in [3.63, 3.8) is 0 Å². The van der Waals surface area contributed by atoms with Gasteiger partial charge in [-0.2, -0.15) is 18.3 Å². The van der Waals surface area contributed by atoms with Crippen molar-refractivity contribution in [2.75, 3.05) is 10.2 Å². The average Bonchev–Trinajstić information content (AvgIpc) is 3.33. The van der Waals surface area contributed by atoms with Gasteiger partial charge in [-0.25, -0.2) is 14.7 Å². The highest BCUT2D eigenvalue weighted by Crippen LogP contribution is 2.49. The number of nitrogens with one attached hydrogen (secondary N) is 1. The number of para-hydroxylation sites is 3. The number of hydrogen-bond donors (Lipinski definition) is 1. The first-order valence-electron chi connectivity index (χ1n) is 13.3. The van der Waals surface area contributed by atoms with Crippen molar-refractivity contribution in [1.82, 2.24) is 9.78 Å². The standard InChI is InChI=1S/C32H21Cl2F3N6/c1-18-27-28(19-14-15-23(33)24(34)16-19)42-26-13-6-5-12-25(26)39-29(38-21-9-7-8-20(17-21)32(35,36)37)31(42)40-30(27)43(41-18)22-10-3-2-4-11-22/h2-17,28H,1H3,(H,38,39)/t28-/m1/s1. The lowest BCUT2D eigenvalue weighted by molar-refractivity contribution is -0.137. The van der Waals surface area contributed by atoms with E-state index in [-0.39, 0.29) is 11.5 Å². The molecule has 0 spiro atoms. The largest absolute Gasteiger partial charge is 0.416 e. The number of aromatic nitrogens is 2. The van der Waals surface area contributed by atoms with Gasteiger partial charge in [-0.05, 0) is 67.1 Å². The Balaban J connectivity index is 1.48. The van der Waals surface area contributed by atoms with Crippen LogP contribution in [-0.2, 0) is 6.18 Å². The number of aliphatic imine (C=N–C) groups is 2. The molecule has 0 amide bonds. The molecule has 1 aromatic heterocycles. The fourth-order valence-electron chi connectivity index (χ4n) is 5.45. The van der Waals surface area contributed by atoms with Crippen molar-refractivity contribution < 1.29 is 13.2 Å². The van der Waals surface area contributed by atoms with Crippen molar-refractivity contribution in [1.29, 1.82) is 0 Å². The van der Waals surface area contributed by atoms with Crippen LogP contribution >= 0.6 is 23.2 Å². The van der Waals surface area contributed by atoms with Crippen LogP contribution in [0.25, 0.3) is 5.69 Å². The second-order valence-corrected chi connectivity index (χ2v) is 10.9. The fourth-order valence-corrected chi connectivity index (χ4v) is 5.76. The number of amidine groups is 2. The van der Waals surface area contributed by atoms with Gasteiger partial charge in [-0.1, -0.05) is 65.7 Å². The van der Waals surface area contributed by atoms with Gasteiger partial charge in [-0.15, -0.1) is 0 Å². The first kappa shape index (κ1) is 27.2. The highest BCUT2D eigenvalue weighted by atomic mass is 35.5. The lowest BCUT2D eigenvalue weighted by Crippen LogP contribution is -2.46. The number of fused-ring (bicyclic) bond motifs is 4. The molecule has 43 heavy (non-hydrogen) atoms. The van der Waals surface area contributed by atoms with Gasteiger partial charge in [0.2, 0.25) is 0 Å². The van der Waals surface area contributed by atoms with E-state index in [0.29, 0.717) is 27.4 Å². The van der Waals surface area contributed by atoms with Crippen LogP contribution in [0.3, 0.4) is 0 Å². The van der Waals surface area contributed by atoms with Crippen LogP contribution in [-0.4, -0.2) is 21.5 Å². The Morgan fingerprint density at radius 2 is 1.58 bits per heavy atom. The molecule has 5 aromatic rings. The lowest BCUT2D eigenvalue weighted by atomic mass is 9.93. The van der Waals surface area contributed by atoms with Crippen LogP contribution < -0.4 is 10.2 Å². The van der Waals surface area contributed by atoms with E-state index in [2.05, 4.69) is 5.32 Å². The van der Waals surface area contributed by atoms with Gasteiger partial charge in [0.25, 0.3) is 0 Å². The summed E-state index contributed by atoms with van der Waals surface area (Å²) in [7, 11) is 0. The Hall–Kier alpha value is -4.60. The predicted octanol–water partition coefficient (Wildman–Crippen LogP) is 9.30. The summed E-state index contributed by atoms with van der Waals surface area (Å²) in [5, 5.41) is 8.81. The topological polar surface area (TPSA) is 57.8 Å². The molecule has 2 aliphatic heterocycles. The maximum atomic E-state index is 13.6. The van der Waals surface area contributed by atoms with Crippen LogP contribution in [0, 0.1) is 6.92 Å². The highest BCUT2D eigenvalue weighted by Gasteiger charge is 2.41. The molecular formula is C32H21Cl2F3N6. The molecule has 0 saturated carbocycles. The van der Waals surface area contributed by atoms with Gasteiger partial charge in [0.1, 0.15) is 0 Å². The third kappa shape index (κ3) is 4.74. The minimum absolute atomic E-state index is 0.222. The normalized spacial score (nSPS) is 15.7. The maximum absolute atomic E-state index is 13.6. The van der Waals surface area contributed by atoms with Gasteiger partial charge in [0.15, 0.2) is 17.5 Å². The van der Waals surface area contributed by atoms with Gasteiger partial charge in [-0.3, -0.25) is 0 Å². The third-order valence-electron chi connectivity index (χ3n) is 7.35. The molecule has 0 unspecified atom stereocenters. The smallest absolute Gasteiger partial charge is 0.337 e. The van der Waals surface area contributed by atoms with E-state index in [1.807, 2.05) is 78.6 Å². The number of alkyl halides is 3. The summed E-state index contributed by atoms with van der Waals surface area (Å²) in [4.78, 5) is 11.9. The number of halogens is 5. The van der Waals surface area contributed by atoms with E-state index in [4.69, 9.17) is 38.3 Å².